The molecule has 134 valence electrons. The smallest absolute Gasteiger partial charge is 0.0448 e. The Labute approximate surface area is 149 Å². The fourth-order valence-corrected chi connectivity index (χ4v) is 2.79. The van der Waals surface area contributed by atoms with Gasteiger partial charge in [-0.15, -0.1) is 12.4 Å². The second-order valence-corrected chi connectivity index (χ2v) is 6.96. The van der Waals surface area contributed by atoms with Gasteiger partial charge in [0.15, 0.2) is 0 Å². The van der Waals surface area contributed by atoms with E-state index in [2.05, 4.69) is 31.2 Å². The van der Waals surface area contributed by atoms with Gasteiger partial charge in [0.2, 0.25) is 0 Å². The van der Waals surface area contributed by atoms with Crippen LogP contribution in [0.5, 0.6) is 0 Å². The van der Waals surface area contributed by atoms with E-state index in [-0.39, 0.29) is 24.6 Å². The molecule has 1 unspecified atom stereocenters. The monoisotopic (exact) mass is 341 g/mol. The van der Waals surface area contributed by atoms with Crippen molar-refractivity contribution in [2.45, 2.75) is 83.6 Å². The van der Waals surface area contributed by atoms with Crippen molar-refractivity contribution < 1.29 is 5.11 Å². The van der Waals surface area contributed by atoms with Gasteiger partial charge in [-0.1, -0.05) is 63.3 Å². The minimum atomic E-state index is -0.258. The summed E-state index contributed by atoms with van der Waals surface area (Å²) >= 11 is 0. The predicted molar refractivity (Wildman–Crippen MR) is 103 cm³/mol. The molecule has 3 N–H and O–H groups in total. The molecule has 1 rings (SSSR count). The van der Waals surface area contributed by atoms with Gasteiger partial charge < -0.3 is 10.8 Å². The summed E-state index contributed by atoms with van der Waals surface area (Å²) in [4.78, 5) is 0. The van der Waals surface area contributed by atoms with Crippen molar-refractivity contribution in [1.82, 2.24) is 0 Å². The Morgan fingerprint density at radius 3 is 1.96 bits per heavy atom. The maximum Gasteiger partial charge on any atom is 0.0448 e. The van der Waals surface area contributed by atoms with Crippen LogP contribution in [0, 0.1) is 0 Å². The number of rotatable bonds is 12. The zero-order valence-corrected chi connectivity index (χ0v) is 15.8. The van der Waals surface area contributed by atoms with Crippen LogP contribution in [-0.2, 0) is 12.8 Å². The molecule has 0 spiro atoms. The fraction of sp³-hybridized carbons (Fsp3) is 0.700. The molecule has 1 atom stereocenters. The zero-order chi connectivity index (χ0) is 16.3. The number of hydrogen-bond acceptors (Lipinski definition) is 2. The molecule has 23 heavy (non-hydrogen) atoms. The Morgan fingerprint density at radius 1 is 0.870 bits per heavy atom. The summed E-state index contributed by atoms with van der Waals surface area (Å²) in [5.41, 5.74) is 8.70. The highest BCUT2D eigenvalue weighted by Crippen LogP contribution is 2.16. The lowest BCUT2D eigenvalue weighted by Gasteiger charge is -2.23. The lowest BCUT2D eigenvalue weighted by atomic mass is 9.91. The number of aliphatic hydroxyl groups excluding tert-OH is 1. The first-order valence-corrected chi connectivity index (χ1v) is 9.05. The van der Waals surface area contributed by atoms with Crippen LogP contribution in [-0.4, -0.2) is 17.3 Å². The van der Waals surface area contributed by atoms with Gasteiger partial charge >= 0.3 is 0 Å². The number of hydrogen-bond donors (Lipinski definition) is 2. The number of aryl methyl sites for hydroxylation is 2. The van der Waals surface area contributed by atoms with Crippen LogP contribution in [0.1, 0.15) is 76.3 Å². The molecule has 0 aliphatic rings. The van der Waals surface area contributed by atoms with Gasteiger partial charge in [-0.3, -0.25) is 0 Å². The van der Waals surface area contributed by atoms with E-state index in [1.807, 2.05) is 6.92 Å². The van der Waals surface area contributed by atoms with Gasteiger partial charge in [0.05, 0.1) is 0 Å². The van der Waals surface area contributed by atoms with Gasteiger partial charge in [-0.25, -0.2) is 0 Å². The quantitative estimate of drug-likeness (QED) is 0.523. The summed E-state index contributed by atoms with van der Waals surface area (Å²) in [5, 5.41) is 9.01. The lowest BCUT2D eigenvalue weighted by molar-refractivity contribution is 0.240. The Morgan fingerprint density at radius 2 is 1.39 bits per heavy atom. The van der Waals surface area contributed by atoms with Crippen LogP contribution in [0.3, 0.4) is 0 Å². The van der Waals surface area contributed by atoms with Crippen LogP contribution in [0.25, 0.3) is 0 Å². The molecule has 3 heteroatoms. The van der Waals surface area contributed by atoms with Crippen LogP contribution in [0.4, 0.5) is 0 Å². The molecular formula is C20H36ClNO. The SMILES string of the molecule is CCCCCCCCc1ccc(CCC(C)(N)CCO)cc1.Cl. The highest BCUT2D eigenvalue weighted by molar-refractivity contribution is 5.85. The molecular weight excluding hydrogens is 306 g/mol. The van der Waals surface area contributed by atoms with Crippen molar-refractivity contribution in [3.8, 4) is 0 Å². The number of nitrogens with two attached hydrogens (primary N) is 1. The molecule has 0 fully saturated rings. The van der Waals surface area contributed by atoms with Gasteiger partial charge in [-0.05, 0) is 50.2 Å². The molecule has 0 aliphatic carbocycles. The molecule has 0 amide bonds. The average molecular weight is 342 g/mol. The first kappa shape index (κ1) is 22.4. The van der Waals surface area contributed by atoms with Gasteiger partial charge in [0.25, 0.3) is 0 Å². The maximum absolute atomic E-state index is 9.01. The molecule has 2 nitrogen and oxygen atoms in total. The maximum atomic E-state index is 9.01. The Bertz CT molecular complexity index is 389. The van der Waals surface area contributed by atoms with Gasteiger partial charge in [-0.2, -0.15) is 0 Å². The average Bonchev–Trinajstić information content (AvgIpc) is 2.50. The van der Waals surface area contributed by atoms with Crippen molar-refractivity contribution in [2.75, 3.05) is 6.61 Å². The third-order valence-electron chi connectivity index (χ3n) is 4.51. The minimum absolute atomic E-state index is 0. The van der Waals surface area contributed by atoms with Crippen molar-refractivity contribution in [1.29, 1.82) is 0 Å². The van der Waals surface area contributed by atoms with Crippen molar-refractivity contribution in [2.24, 2.45) is 5.73 Å². The van der Waals surface area contributed by atoms with E-state index in [4.69, 9.17) is 10.8 Å². The van der Waals surface area contributed by atoms with E-state index in [1.54, 1.807) is 0 Å². The number of halogens is 1. The summed E-state index contributed by atoms with van der Waals surface area (Å²) in [6.45, 7) is 4.46. The van der Waals surface area contributed by atoms with E-state index >= 15 is 0 Å². The standard InChI is InChI=1S/C20H35NO.ClH/c1-3-4-5-6-7-8-9-18-10-12-19(13-11-18)14-15-20(2,21)16-17-22;/h10-13,22H,3-9,14-17,21H2,1-2H3;1H. The van der Waals surface area contributed by atoms with Crippen LogP contribution in [0.2, 0.25) is 0 Å². The Balaban J connectivity index is 0.00000484. The first-order chi connectivity index (χ1) is 10.6. The molecule has 0 saturated heterocycles. The molecule has 1 aromatic carbocycles. The van der Waals surface area contributed by atoms with Gasteiger partial charge in [0, 0.05) is 12.1 Å². The van der Waals surface area contributed by atoms with E-state index in [0.717, 1.165) is 12.8 Å². The number of unbranched alkanes of at least 4 members (excludes halogenated alkanes) is 5. The zero-order valence-electron chi connectivity index (χ0n) is 15.0. The molecule has 1 aromatic rings. The van der Waals surface area contributed by atoms with Crippen LogP contribution >= 0.6 is 12.4 Å². The Hall–Kier alpha value is -0.570. The molecule has 0 radical (unpaired) electrons. The lowest BCUT2D eigenvalue weighted by Crippen LogP contribution is -2.37. The van der Waals surface area contributed by atoms with E-state index in [9.17, 15) is 0 Å². The van der Waals surface area contributed by atoms with Crippen LogP contribution in [0.15, 0.2) is 24.3 Å². The van der Waals surface area contributed by atoms with Crippen molar-refractivity contribution in [3.63, 3.8) is 0 Å². The second kappa shape index (κ2) is 12.8. The van der Waals surface area contributed by atoms with Crippen molar-refractivity contribution in [3.05, 3.63) is 35.4 Å². The Kier molecular flexibility index (Phi) is 12.5. The first-order valence-electron chi connectivity index (χ1n) is 9.05. The van der Waals surface area contributed by atoms with Crippen molar-refractivity contribution >= 4 is 12.4 Å². The minimum Gasteiger partial charge on any atom is -0.396 e. The molecule has 0 aliphatic heterocycles. The molecule has 0 saturated carbocycles. The van der Waals surface area contributed by atoms with E-state index in [1.165, 1.54) is 56.1 Å². The normalized spacial score (nSPS) is 13.4. The second-order valence-electron chi connectivity index (χ2n) is 6.96. The van der Waals surface area contributed by atoms with Crippen LogP contribution < -0.4 is 5.73 Å². The number of aliphatic hydroxyl groups is 1. The fourth-order valence-electron chi connectivity index (χ4n) is 2.79. The summed E-state index contributed by atoms with van der Waals surface area (Å²) in [6, 6.07) is 9.01. The summed E-state index contributed by atoms with van der Waals surface area (Å²) in [7, 11) is 0. The molecule has 0 aromatic heterocycles. The predicted octanol–water partition coefficient (Wildman–Crippen LogP) is 5.04. The summed E-state index contributed by atoms with van der Waals surface area (Å²) in [6.07, 6.45) is 11.9. The van der Waals surface area contributed by atoms with E-state index in [0.29, 0.717) is 6.42 Å². The highest BCUT2D eigenvalue weighted by atomic mass is 35.5. The molecule has 0 heterocycles. The van der Waals surface area contributed by atoms with Gasteiger partial charge in [0.1, 0.15) is 0 Å². The topological polar surface area (TPSA) is 46.2 Å². The molecule has 0 bridgehead atoms. The third kappa shape index (κ3) is 10.8. The largest absolute Gasteiger partial charge is 0.396 e. The third-order valence-corrected chi connectivity index (χ3v) is 4.51. The van der Waals surface area contributed by atoms with E-state index < -0.39 is 0 Å². The number of benzene rings is 1. The summed E-state index contributed by atoms with van der Waals surface area (Å²) in [5.74, 6) is 0. The summed E-state index contributed by atoms with van der Waals surface area (Å²) < 4.78 is 0. The highest BCUT2D eigenvalue weighted by Gasteiger charge is 2.17.